The van der Waals surface area contributed by atoms with Crippen LogP contribution in [0.25, 0.3) is 0 Å². The van der Waals surface area contributed by atoms with Crippen LogP contribution in [0.15, 0.2) is 24.3 Å². The van der Waals surface area contributed by atoms with Crippen molar-refractivity contribution in [1.29, 1.82) is 0 Å². The minimum atomic E-state index is -0.00267. The van der Waals surface area contributed by atoms with Gasteiger partial charge in [0, 0.05) is 6.04 Å². The van der Waals surface area contributed by atoms with Gasteiger partial charge in [0.1, 0.15) is 5.75 Å². The maximum absolute atomic E-state index is 12.1. The summed E-state index contributed by atoms with van der Waals surface area (Å²) in [5.74, 6) is 0.749. The summed E-state index contributed by atoms with van der Waals surface area (Å²) in [4.78, 5) is 12.1. The highest BCUT2D eigenvalue weighted by Gasteiger charge is 2.14. The number of nitrogens with one attached hydrogen (secondary N) is 2. The fraction of sp³-hybridized carbons (Fsp3) is 0.611. The quantitative estimate of drug-likeness (QED) is 0.720. The Morgan fingerprint density at radius 1 is 1.23 bits per heavy atom. The lowest BCUT2D eigenvalue weighted by Crippen LogP contribution is -2.37. The molecule has 0 bridgehead atoms. The van der Waals surface area contributed by atoms with Gasteiger partial charge in [0.25, 0.3) is 0 Å². The first-order chi connectivity index (χ1) is 10.8. The Balaban J connectivity index is 1.79. The molecule has 4 heteroatoms. The van der Waals surface area contributed by atoms with Crippen LogP contribution < -0.4 is 15.4 Å². The van der Waals surface area contributed by atoms with Crippen LogP contribution in [-0.4, -0.2) is 25.1 Å². The standard InChI is InChI=1S/C18H28N2O2/c1-2-3-13-22-17-12-8-7-11-16(17)20-18(21)14-19-15-9-5-4-6-10-15/h7-8,11-12,15,19H,2-6,9-10,13-14H2,1H3,(H,20,21). The van der Waals surface area contributed by atoms with Crippen molar-refractivity contribution in [1.82, 2.24) is 5.32 Å². The molecule has 1 aromatic carbocycles. The maximum atomic E-state index is 12.1. The third kappa shape index (κ3) is 5.68. The molecular weight excluding hydrogens is 276 g/mol. The summed E-state index contributed by atoms with van der Waals surface area (Å²) >= 11 is 0. The Morgan fingerprint density at radius 2 is 2.00 bits per heavy atom. The van der Waals surface area contributed by atoms with E-state index in [1.807, 2.05) is 24.3 Å². The molecule has 1 saturated carbocycles. The minimum absolute atomic E-state index is 0.00267. The van der Waals surface area contributed by atoms with Crippen molar-refractivity contribution in [3.8, 4) is 5.75 Å². The number of benzene rings is 1. The van der Waals surface area contributed by atoms with E-state index in [4.69, 9.17) is 4.74 Å². The molecule has 0 atom stereocenters. The summed E-state index contributed by atoms with van der Waals surface area (Å²) in [5, 5.41) is 6.31. The third-order valence-corrected chi connectivity index (χ3v) is 4.07. The topological polar surface area (TPSA) is 50.4 Å². The van der Waals surface area contributed by atoms with Crippen LogP contribution in [0.2, 0.25) is 0 Å². The molecule has 0 unspecified atom stereocenters. The smallest absolute Gasteiger partial charge is 0.238 e. The Hall–Kier alpha value is -1.55. The summed E-state index contributed by atoms with van der Waals surface area (Å²) in [6, 6.07) is 8.13. The lowest BCUT2D eigenvalue weighted by atomic mass is 9.95. The molecule has 1 aliphatic rings. The lowest BCUT2D eigenvalue weighted by molar-refractivity contribution is -0.115. The number of amides is 1. The fourth-order valence-corrected chi connectivity index (χ4v) is 2.76. The first kappa shape index (κ1) is 16.8. The van der Waals surface area contributed by atoms with Crippen molar-refractivity contribution in [2.45, 2.75) is 57.9 Å². The lowest BCUT2D eigenvalue weighted by Gasteiger charge is -2.22. The molecule has 122 valence electrons. The van der Waals surface area contributed by atoms with E-state index < -0.39 is 0 Å². The number of hydrogen-bond acceptors (Lipinski definition) is 3. The van der Waals surface area contributed by atoms with Crippen molar-refractivity contribution in [2.75, 3.05) is 18.5 Å². The molecule has 0 heterocycles. The Bertz CT molecular complexity index is 456. The zero-order valence-corrected chi connectivity index (χ0v) is 13.6. The molecule has 1 amide bonds. The highest BCUT2D eigenvalue weighted by atomic mass is 16.5. The van der Waals surface area contributed by atoms with Gasteiger partial charge in [-0.1, -0.05) is 44.7 Å². The van der Waals surface area contributed by atoms with Crippen LogP contribution >= 0.6 is 0 Å². The second-order valence-corrected chi connectivity index (χ2v) is 5.96. The predicted molar refractivity (Wildman–Crippen MR) is 90.4 cm³/mol. The summed E-state index contributed by atoms with van der Waals surface area (Å²) in [6.07, 6.45) is 8.35. The molecule has 0 aromatic heterocycles. The number of carbonyl (C=O) groups excluding carboxylic acids is 1. The van der Waals surface area contributed by atoms with E-state index in [1.54, 1.807) is 0 Å². The van der Waals surface area contributed by atoms with Crippen LogP contribution in [0.4, 0.5) is 5.69 Å². The van der Waals surface area contributed by atoms with E-state index in [0.717, 1.165) is 24.3 Å². The van der Waals surface area contributed by atoms with Crippen molar-refractivity contribution >= 4 is 11.6 Å². The number of unbranched alkanes of at least 4 members (excludes halogenated alkanes) is 1. The number of ether oxygens (including phenoxy) is 1. The zero-order chi connectivity index (χ0) is 15.6. The fourth-order valence-electron chi connectivity index (χ4n) is 2.76. The van der Waals surface area contributed by atoms with E-state index in [2.05, 4.69) is 17.6 Å². The van der Waals surface area contributed by atoms with Crippen LogP contribution in [0, 0.1) is 0 Å². The highest BCUT2D eigenvalue weighted by Crippen LogP contribution is 2.24. The van der Waals surface area contributed by atoms with Gasteiger partial charge in [0.15, 0.2) is 0 Å². The first-order valence-electron chi connectivity index (χ1n) is 8.54. The third-order valence-electron chi connectivity index (χ3n) is 4.07. The van der Waals surface area contributed by atoms with E-state index in [1.165, 1.54) is 32.1 Å². The van der Waals surface area contributed by atoms with Crippen molar-refractivity contribution in [2.24, 2.45) is 0 Å². The van der Waals surface area contributed by atoms with Gasteiger partial charge in [-0.3, -0.25) is 4.79 Å². The molecule has 0 radical (unpaired) electrons. The van der Waals surface area contributed by atoms with Gasteiger partial charge in [0.2, 0.25) is 5.91 Å². The van der Waals surface area contributed by atoms with Gasteiger partial charge in [-0.05, 0) is 31.4 Å². The molecule has 2 rings (SSSR count). The van der Waals surface area contributed by atoms with E-state index in [-0.39, 0.29) is 5.91 Å². The molecule has 2 N–H and O–H groups in total. The molecule has 1 aromatic rings. The van der Waals surface area contributed by atoms with Gasteiger partial charge >= 0.3 is 0 Å². The zero-order valence-electron chi connectivity index (χ0n) is 13.6. The normalized spacial score (nSPS) is 15.5. The van der Waals surface area contributed by atoms with Crippen molar-refractivity contribution in [3.05, 3.63) is 24.3 Å². The van der Waals surface area contributed by atoms with Crippen LogP contribution in [0.5, 0.6) is 5.75 Å². The van der Waals surface area contributed by atoms with E-state index >= 15 is 0 Å². The summed E-state index contributed by atoms with van der Waals surface area (Å²) < 4.78 is 5.74. The summed E-state index contributed by atoms with van der Waals surface area (Å²) in [5.41, 5.74) is 0.758. The molecule has 0 aliphatic heterocycles. The average Bonchev–Trinajstić information content (AvgIpc) is 2.56. The molecule has 4 nitrogen and oxygen atoms in total. The van der Waals surface area contributed by atoms with Crippen molar-refractivity contribution in [3.63, 3.8) is 0 Å². The summed E-state index contributed by atoms with van der Waals surface area (Å²) in [6.45, 7) is 3.19. The molecule has 0 saturated heterocycles. The van der Waals surface area contributed by atoms with Gasteiger partial charge in [-0.25, -0.2) is 0 Å². The Kier molecular flexibility index (Phi) is 7.23. The predicted octanol–water partition coefficient (Wildman–Crippen LogP) is 3.73. The molecule has 1 aliphatic carbocycles. The van der Waals surface area contributed by atoms with Crippen LogP contribution in [0.3, 0.4) is 0 Å². The number of hydrogen-bond donors (Lipinski definition) is 2. The van der Waals surface area contributed by atoms with Gasteiger partial charge in [-0.2, -0.15) is 0 Å². The van der Waals surface area contributed by atoms with Gasteiger partial charge in [-0.15, -0.1) is 0 Å². The maximum Gasteiger partial charge on any atom is 0.238 e. The largest absolute Gasteiger partial charge is 0.491 e. The SMILES string of the molecule is CCCCOc1ccccc1NC(=O)CNC1CCCCC1. The Labute approximate surface area is 133 Å². The minimum Gasteiger partial charge on any atom is -0.491 e. The van der Waals surface area contributed by atoms with Crippen LogP contribution in [-0.2, 0) is 4.79 Å². The van der Waals surface area contributed by atoms with E-state index in [0.29, 0.717) is 19.2 Å². The number of para-hydroxylation sites is 2. The summed E-state index contributed by atoms with van der Waals surface area (Å²) in [7, 11) is 0. The van der Waals surface area contributed by atoms with E-state index in [9.17, 15) is 4.79 Å². The molecule has 0 spiro atoms. The number of carbonyl (C=O) groups is 1. The highest BCUT2D eigenvalue weighted by molar-refractivity contribution is 5.93. The Morgan fingerprint density at radius 3 is 2.77 bits per heavy atom. The number of rotatable bonds is 8. The monoisotopic (exact) mass is 304 g/mol. The van der Waals surface area contributed by atoms with Gasteiger partial charge < -0.3 is 15.4 Å². The first-order valence-corrected chi connectivity index (χ1v) is 8.54. The van der Waals surface area contributed by atoms with Crippen LogP contribution in [0.1, 0.15) is 51.9 Å². The average molecular weight is 304 g/mol. The molecular formula is C18H28N2O2. The molecule has 1 fully saturated rings. The second kappa shape index (κ2) is 9.46. The second-order valence-electron chi connectivity index (χ2n) is 5.96. The van der Waals surface area contributed by atoms with Crippen molar-refractivity contribution < 1.29 is 9.53 Å². The van der Waals surface area contributed by atoms with Gasteiger partial charge in [0.05, 0.1) is 18.8 Å². The number of anilines is 1. The molecule has 22 heavy (non-hydrogen) atoms.